The fourth-order valence-corrected chi connectivity index (χ4v) is 6.10. The van der Waals surface area contributed by atoms with Crippen molar-refractivity contribution in [2.24, 2.45) is 5.73 Å². The average Bonchev–Trinajstić information content (AvgIpc) is 3.09. The lowest BCUT2D eigenvalue weighted by Gasteiger charge is -2.23. The van der Waals surface area contributed by atoms with Gasteiger partial charge in [-0.3, -0.25) is 13.8 Å². The molecule has 0 fully saturated rings. The van der Waals surface area contributed by atoms with E-state index >= 15 is 0 Å². The molecule has 8 nitrogen and oxygen atoms in total. The van der Waals surface area contributed by atoms with Crippen molar-refractivity contribution in [2.75, 3.05) is 19.8 Å². The molecule has 9 heteroatoms. The van der Waals surface area contributed by atoms with Gasteiger partial charge in [-0.2, -0.15) is 0 Å². The van der Waals surface area contributed by atoms with Gasteiger partial charge in [-0.05, 0) is 57.8 Å². The highest BCUT2D eigenvalue weighted by atomic mass is 31.2. The summed E-state index contributed by atoms with van der Waals surface area (Å²) in [5.41, 5.74) is 5.35. The predicted octanol–water partition coefficient (Wildman–Crippen LogP) is 10.6. The van der Waals surface area contributed by atoms with E-state index in [1.54, 1.807) is 6.08 Å². The van der Waals surface area contributed by atoms with E-state index in [1.807, 2.05) is 6.08 Å². The molecular weight excluding hydrogens is 635 g/mol. The predicted molar refractivity (Wildman–Crippen MR) is 207 cm³/mol. The highest BCUT2D eigenvalue weighted by Crippen LogP contribution is 2.43. The molecule has 0 bridgehead atoms. The van der Waals surface area contributed by atoms with Crippen LogP contribution in [0.2, 0.25) is 0 Å². The van der Waals surface area contributed by atoms with Gasteiger partial charge in [0.15, 0.2) is 0 Å². The van der Waals surface area contributed by atoms with Gasteiger partial charge in [0.2, 0.25) is 5.91 Å². The summed E-state index contributed by atoms with van der Waals surface area (Å²) >= 11 is 0. The lowest BCUT2D eigenvalue weighted by atomic mass is 10.1. The highest BCUT2D eigenvalue weighted by molar-refractivity contribution is 7.47. The summed E-state index contributed by atoms with van der Waals surface area (Å²) < 4.78 is 22.0. The first kappa shape index (κ1) is 47.5. The van der Waals surface area contributed by atoms with E-state index in [-0.39, 0.29) is 25.7 Å². The van der Waals surface area contributed by atoms with Crippen LogP contribution in [0.4, 0.5) is 0 Å². The van der Waals surface area contributed by atoms with Gasteiger partial charge in [-0.15, -0.1) is 0 Å². The monoisotopic (exact) mass is 711 g/mol. The Morgan fingerprint density at radius 1 is 0.673 bits per heavy atom. The quantitative estimate of drug-likeness (QED) is 0.0289. The molecule has 0 aliphatic heterocycles. The fourth-order valence-electron chi connectivity index (χ4n) is 5.34. The number of rotatable bonds is 36. The van der Waals surface area contributed by atoms with Gasteiger partial charge in [0.25, 0.3) is 0 Å². The van der Waals surface area contributed by atoms with Crippen LogP contribution in [-0.4, -0.2) is 47.8 Å². The van der Waals surface area contributed by atoms with E-state index in [4.69, 9.17) is 14.8 Å². The zero-order valence-electron chi connectivity index (χ0n) is 31.4. The zero-order valence-corrected chi connectivity index (χ0v) is 32.3. The number of allylic oxidation sites excluding steroid dienone is 7. The third-order valence-electron chi connectivity index (χ3n) is 8.38. The van der Waals surface area contributed by atoms with Gasteiger partial charge < -0.3 is 21.1 Å². The maximum atomic E-state index is 12.7. The third kappa shape index (κ3) is 34.7. The van der Waals surface area contributed by atoms with E-state index in [0.717, 1.165) is 64.2 Å². The second-order valence-corrected chi connectivity index (χ2v) is 14.6. The van der Waals surface area contributed by atoms with Crippen molar-refractivity contribution in [3.63, 3.8) is 0 Å². The standard InChI is InChI=1S/C40H75N2O6P/c1-3-5-7-9-11-13-15-17-19-20-21-23-25-27-29-31-33-39(43)38(37-48-49(45,46)47-36-35-41)42-40(44)34-32-30-28-26-24-22-18-16-14-12-10-8-6-4-2/h10,12,16,18,23,25,31,33,38-39,43H,3-9,11,13-15,17,19-22,24,26-30,32,34-37,41H2,1-2H3,(H,42,44)(H,45,46)/b12-10-,18-16-,25-23+,33-31+. The summed E-state index contributed by atoms with van der Waals surface area (Å²) in [4.78, 5) is 22.6. The number of amides is 1. The summed E-state index contributed by atoms with van der Waals surface area (Å²) in [6.45, 7) is 4.04. The minimum atomic E-state index is -4.35. The molecule has 0 aromatic carbocycles. The lowest BCUT2D eigenvalue weighted by Crippen LogP contribution is -2.45. The number of unbranched alkanes of at least 4 members (excludes halogenated alkanes) is 18. The van der Waals surface area contributed by atoms with E-state index in [0.29, 0.717) is 6.42 Å². The molecule has 5 N–H and O–H groups in total. The number of phosphoric ester groups is 1. The summed E-state index contributed by atoms with van der Waals surface area (Å²) in [5, 5.41) is 13.6. The number of carbonyl (C=O) groups excluding carboxylic acids is 1. The number of hydrogen-bond acceptors (Lipinski definition) is 6. The Morgan fingerprint density at radius 2 is 1.16 bits per heavy atom. The van der Waals surface area contributed by atoms with Gasteiger partial charge >= 0.3 is 7.82 Å². The Bertz CT molecular complexity index is 907. The van der Waals surface area contributed by atoms with Crippen molar-refractivity contribution in [3.05, 3.63) is 48.6 Å². The Hall–Kier alpha value is -1.54. The fraction of sp³-hybridized carbons (Fsp3) is 0.775. The molecule has 0 aromatic rings. The minimum Gasteiger partial charge on any atom is -0.387 e. The number of aliphatic hydroxyl groups excluding tert-OH is 1. The molecule has 0 spiro atoms. The van der Waals surface area contributed by atoms with E-state index in [1.165, 1.54) is 83.5 Å². The van der Waals surface area contributed by atoms with E-state index in [9.17, 15) is 19.4 Å². The first-order valence-corrected chi connectivity index (χ1v) is 21.3. The van der Waals surface area contributed by atoms with Crippen LogP contribution >= 0.6 is 7.82 Å². The number of hydrogen-bond donors (Lipinski definition) is 4. The van der Waals surface area contributed by atoms with Crippen molar-refractivity contribution < 1.29 is 28.4 Å². The molecule has 0 saturated carbocycles. The smallest absolute Gasteiger partial charge is 0.387 e. The van der Waals surface area contributed by atoms with E-state index < -0.39 is 20.0 Å². The van der Waals surface area contributed by atoms with Crippen molar-refractivity contribution in [1.82, 2.24) is 5.32 Å². The van der Waals surface area contributed by atoms with Gasteiger partial charge in [-0.25, -0.2) is 4.57 Å². The lowest BCUT2D eigenvalue weighted by molar-refractivity contribution is -0.123. The summed E-state index contributed by atoms with van der Waals surface area (Å²) in [7, 11) is -4.35. The SMILES string of the molecule is CCCC/C=C\C/C=C\CCCCCCCC(=O)NC(COP(=O)(O)OCCN)C(O)/C=C/CC/C=C/CCCCCCCCCCCC. The number of carbonyl (C=O) groups is 1. The van der Waals surface area contributed by atoms with Crippen LogP contribution in [0, 0.1) is 0 Å². The maximum absolute atomic E-state index is 12.7. The van der Waals surface area contributed by atoms with Crippen LogP contribution in [-0.2, 0) is 18.4 Å². The summed E-state index contributed by atoms with van der Waals surface area (Å²) in [6.07, 6.45) is 43.0. The number of nitrogens with one attached hydrogen (secondary N) is 1. The molecule has 49 heavy (non-hydrogen) atoms. The zero-order chi connectivity index (χ0) is 36.1. The Kier molecular flexibility index (Phi) is 35.1. The summed E-state index contributed by atoms with van der Waals surface area (Å²) in [5.74, 6) is -0.221. The Balaban J connectivity index is 4.38. The number of nitrogens with two attached hydrogens (primary N) is 1. The van der Waals surface area contributed by atoms with Crippen LogP contribution in [0.3, 0.4) is 0 Å². The molecule has 0 aromatic heterocycles. The number of phosphoric acid groups is 1. The van der Waals surface area contributed by atoms with Crippen LogP contribution in [0.25, 0.3) is 0 Å². The molecule has 0 heterocycles. The normalized spacial score (nSPS) is 14.8. The van der Waals surface area contributed by atoms with E-state index in [2.05, 4.69) is 55.6 Å². The van der Waals surface area contributed by atoms with Crippen molar-refractivity contribution in [2.45, 2.75) is 180 Å². The molecule has 286 valence electrons. The molecule has 0 radical (unpaired) electrons. The molecule has 0 aliphatic carbocycles. The van der Waals surface area contributed by atoms with Crippen LogP contribution < -0.4 is 11.1 Å². The van der Waals surface area contributed by atoms with Gasteiger partial charge in [-0.1, -0.05) is 152 Å². The molecule has 0 saturated heterocycles. The third-order valence-corrected chi connectivity index (χ3v) is 9.36. The van der Waals surface area contributed by atoms with Gasteiger partial charge in [0.1, 0.15) is 0 Å². The highest BCUT2D eigenvalue weighted by Gasteiger charge is 2.26. The minimum absolute atomic E-state index is 0.0701. The Morgan fingerprint density at radius 3 is 1.76 bits per heavy atom. The van der Waals surface area contributed by atoms with Crippen molar-refractivity contribution in [1.29, 1.82) is 0 Å². The molecule has 0 rings (SSSR count). The van der Waals surface area contributed by atoms with Gasteiger partial charge in [0.05, 0.1) is 25.4 Å². The molecule has 3 unspecified atom stereocenters. The van der Waals surface area contributed by atoms with Crippen LogP contribution in [0.5, 0.6) is 0 Å². The maximum Gasteiger partial charge on any atom is 0.472 e. The second kappa shape index (κ2) is 36.3. The second-order valence-electron chi connectivity index (χ2n) is 13.1. The first-order valence-electron chi connectivity index (χ1n) is 19.8. The van der Waals surface area contributed by atoms with Crippen molar-refractivity contribution in [3.8, 4) is 0 Å². The molecule has 0 aliphatic rings. The molecule has 1 amide bonds. The summed E-state index contributed by atoms with van der Waals surface area (Å²) in [6, 6.07) is -0.883. The molecular formula is C40H75N2O6P. The van der Waals surface area contributed by atoms with Crippen molar-refractivity contribution >= 4 is 13.7 Å². The topological polar surface area (TPSA) is 131 Å². The Labute approximate surface area is 301 Å². The number of aliphatic hydroxyl groups is 1. The first-order chi connectivity index (χ1) is 23.9. The largest absolute Gasteiger partial charge is 0.472 e. The van der Waals surface area contributed by atoms with Crippen LogP contribution in [0.1, 0.15) is 168 Å². The van der Waals surface area contributed by atoms with Crippen LogP contribution in [0.15, 0.2) is 48.6 Å². The molecule has 3 atom stereocenters. The van der Waals surface area contributed by atoms with Gasteiger partial charge in [0, 0.05) is 13.0 Å². The average molecular weight is 711 g/mol.